The van der Waals surface area contributed by atoms with Gasteiger partial charge in [0.1, 0.15) is 0 Å². The Morgan fingerprint density at radius 2 is 1.68 bits per heavy atom. The summed E-state index contributed by atoms with van der Waals surface area (Å²) in [6.07, 6.45) is 11.6. The average molecular weight is 324 g/mol. The minimum absolute atomic E-state index is 0.208. The minimum Gasteiger partial charge on any atom is -0.360 e. The molecular formula is C17H29N3OS. The Hall–Kier alpha value is -0.840. The van der Waals surface area contributed by atoms with Crippen LogP contribution in [0.2, 0.25) is 0 Å². The zero-order valence-corrected chi connectivity index (χ0v) is 14.3. The van der Waals surface area contributed by atoms with Gasteiger partial charge >= 0.3 is 0 Å². The fourth-order valence-corrected chi connectivity index (χ4v) is 4.64. The molecular weight excluding hydrogens is 294 g/mol. The van der Waals surface area contributed by atoms with Crippen molar-refractivity contribution in [3.05, 3.63) is 0 Å². The molecule has 1 amide bonds. The zero-order valence-electron chi connectivity index (χ0n) is 13.5. The smallest absolute Gasteiger partial charge is 0.241 e. The highest BCUT2D eigenvalue weighted by Gasteiger charge is 2.32. The van der Waals surface area contributed by atoms with Crippen molar-refractivity contribution in [3.8, 4) is 0 Å². The van der Waals surface area contributed by atoms with Crippen molar-refractivity contribution in [3.63, 3.8) is 0 Å². The summed E-state index contributed by atoms with van der Waals surface area (Å²) in [6, 6.07) is 0.507. The summed E-state index contributed by atoms with van der Waals surface area (Å²) in [7, 11) is 0. The lowest BCUT2D eigenvalue weighted by atomic mass is 9.75. The predicted octanol–water partition coefficient (Wildman–Crippen LogP) is 2.43. The fourth-order valence-electron chi connectivity index (χ4n) is 4.40. The fraction of sp³-hybridized carbons (Fsp3) is 0.882. The van der Waals surface area contributed by atoms with E-state index in [1.807, 2.05) is 0 Å². The Morgan fingerprint density at radius 1 is 1.00 bits per heavy atom. The maximum atomic E-state index is 12.4. The van der Waals surface area contributed by atoms with Crippen molar-refractivity contribution >= 4 is 23.2 Å². The largest absolute Gasteiger partial charge is 0.360 e. The zero-order chi connectivity index (χ0) is 15.4. The van der Waals surface area contributed by atoms with Crippen LogP contribution in [-0.4, -0.2) is 41.6 Å². The first-order valence-corrected chi connectivity index (χ1v) is 9.45. The number of hydrogen-bond acceptors (Lipinski definition) is 2. The van der Waals surface area contributed by atoms with Gasteiger partial charge in [-0.05, 0) is 49.7 Å². The molecule has 1 aliphatic heterocycles. The highest BCUT2D eigenvalue weighted by Crippen LogP contribution is 2.35. The number of likely N-dealkylation sites (tertiary alicyclic amines) is 1. The minimum atomic E-state index is 0.208. The van der Waals surface area contributed by atoms with Crippen molar-refractivity contribution < 1.29 is 4.79 Å². The molecule has 1 saturated heterocycles. The Balaban J connectivity index is 1.39. The van der Waals surface area contributed by atoms with Crippen LogP contribution in [-0.2, 0) is 4.79 Å². The van der Waals surface area contributed by atoms with Gasteiger partial charge < -0.3 is 15.5 Å². The summed E-state index contributed by atoms with van der Waals surface area (Å²) < 4.78 is 0. The first-order valence-electron chi connectivity index (χ1n) is 9.04. The molecule has 2 atom stereocenters. The van der Waals surface area contributed by atoms with Gasteiger partial charge in [-0.25, -0.2) is 0 Å². The lowest BCUT2D eigenvalue weighted by Gasteiger charge is -2.41. The third-order valence-corrected chi connectivity index (χ3v) is 6.00. The van der Waals surface area contributed by atoms with E-state index in [4.69, 9.17) is 12.2 Å². The molecule has 3 aliphatic rings. The monoisotopic (exact) mass is 323 g/mol. The first-order chi connectivity index (χ1) is 10.7. The molecule has 3 fully saturated rings. The van der Waals surface area contributed by atoms with Gasteiger partial charge in [-0.2, -0.15) is 0 Å². The van der Waals surface area contributed by atoms with Crippen molar-refractivity contribution in [1.29, 1.82) is 0 Å². The van der Waals surface area contributed by atoms with Crippen LogP contribution >= 0.6 is 12.2 Å². The number of carbonyl (C=O) groups is 1. The van der Waals surface area contributed by atoms with Gasteiger partial charge in [0, 0.05) is 19.1 Å². The van der Waals surface area contributed by atoms with Crippen LogP contribution < -0.4 is 10.6 Å². The summed E-state index contributed by atoms with van der Waals surface area (Å²) in [5.74, 6) is 1.82. The van der Waals surface area contributed by atoms with Crippen molar-refractivity contribution in [2.24, 2.45) is 11.8 Å². The van der Waals surface area contributed by atoms with Gasteiger partial charge in [0.15, 0.2) is 5.11 Å². The van der Waals surface area contributed by atoms with Crippen LogP contribution in [0.4, 0.5) is 0 Å². The normalized spacial score (nSPS) is 29.0. The number of hydrogen-bond donors (Lipinski definition) is 2. The summed E-state index contributed by atoms with van der Waals surface area (Å²) in [6.45, 7) is 2.24. The molecule has 2 unspecified atom stereocenters. The van der Waals surface area contributed by atoms with E-state index in [0.717, 1.165) is 24.9 Å². The van der Waals surface area contributed by atoms with E-state index in [-0.39, 0.29) is 5.91 Å². The highest BCUT2D eigenvalue weighted by molar-refractivity contribution is 7.80. The van der Waals surface area contributed by atoms with Gasteiger partial charge in [0.05, 0.1) is 6.54 Å². The molecule has 0 aromatic heterocycles. The lowest BCUT2D eigenvalue weighted by Crippen LogP contribution is -2.50. The first kappa shape index (κ1) is 16.0. The average Bonchev–Trinajstić information content (AvgIpc) is 3.05. The summed E-state index contributed by atoms with van der Waals surface area (Å²) in [4.78, 5) is 14.4. The maximum Gasteiger partial charge on any atom is 0.241 e. The Morgan fingerprint density at radius 3 is 2.45 bits per heavy atom. The third kappa shape index (κ3) is 4.12. The van der Waals surface area contributed by atoms with Gasteiger partial charge in [0.2, 0.25) is 5.91 Å². The molecule has 0 radical (unpaired) electrons. The number of nitrogens with zero attached hydrogens (tertiary/aromatic N) is 1. The lowest BCUT2D eigenvalue weighted by molar-refractivity contribution is -0.133. The molecule has 124 valence electrons. The van der Waals surface area contributed by atoms with Crippen LogP contribution in [0, 0.1) is 11.8 Å². The molecule has 0 aromatic carbocycles. The van der Waals surface area contributed by atoms with Gasteiger partial charge in [0.25, 0.3) is 0 Å². The molecule has 1 heterocycles. The molecule has 3 rings (SSSR count). The van der Waals surface area contributed by atoms with Crippen LogP contribution in [0.25, 0.3) is 0 Å². The number of nitrogens with one attached hydrogen (secondary N) is 2. The molecule has 2 aliphatic carbocycles. The number of piperidine rings is 1. The topological polar surface area (TPSA) is 44.4 Å². The quantitative estimate of drug-likeness (QED) is 0.783. The molecule has 0 spiro atoms. The SMILES string of the molecule is O=C(CNC(=S)NC1CCCC1)N1CCC2CCCCC2C1. The maximum absolute atomic E-state index is 12.4. The second kappa shape index (κ2) is 7.62. The summed E-state index contributed by atoms with van der Waals surface area (Å²) >= 11 is 5.31. The van der Waals surface area contributed by atoms with Crippen LogP contribution in [0.1, 0.15) is 57.8 Å². The molecule has 22 heavy (non-hydrogen) atoms. The van der Waals surface area contributed by atoms with E-state index >= 15 is 0 Å². The van der Waals surface area contributed by atoms with Crippen molar-refractivity contribution in [2.75, 3.05) is 19.6 Å². The van der Waals surface area contributed by atoms with Crippen molar-refractivity contribution in [2.45, 2.75) is 63.8 Å². The van der Waals surface area contributed by atoms with Crippen LogP contribution in [0.15, 0.2) is 0 Å². The Kier molecular flexibility index (Phi) is 5.55. The second-order valence-electron chi connectivity index (χ2n) is 7.24. The summed E-state index contributed by atoms with van der Waals surface area (Å²) in [5.41, 5.74) is 0. The van der Waals surface area contributed by atoms with E-state index in [9.17, 15) is 4.79 Å². The van der Waals surface area contributed by atoms with E-state index in [2.05, 4.69) is 15.5 Å². The Bertz CT molecular complexity index is 409. The van der Waals surface area contributed by atoms with Gasteiger partial charge in [-0.3, -0.25) is 4.79 Å². The van der Waals surface area contributed by atoms with Gasteiger partial charge in [-0.15, -0.1) is 0 Å². The second-order valence-corrected chi connectivity index (χ2v) is 7.65. The number of rotatable bonds is 3. The summed E-state index contributed by atoms with van der Waals surface area (Å²) in [5, 5.41) is 7.09. The number of thiocarbonyl (C=S) groups is 1. The van der Waals surface area contributed by atoms with E-state index in [1.165, 1.54) is 57.8 Å². The number of fused-ring (bicyclic) bond motifs is 1. The standard InChI is InChI=1S/C17H29N3OS/c21-16(11-18-17(22)19-15-7-3-4-8-15)20-10-9-13-5-1-2-6-14(13)12-20/h13-15H,1-12H2,(H2,18,19,22). The van der Waals surface area contributed by atoms with E-state index in [0.29, 0.717) is 17.7 Å². The number of carbonyl (C=O) groups excluding carboxylic acids is 1. The molecule has 2 N–H and O–H groups in total. The molecule has 4 nitrogen and oxygen atoms in total. The van der Waals surface area contributed by atoms with E-state index in [1.54, 1.807) is 0 Å². The van der Waals surface area contributed by atoms with E-state index < -0.39 is 0 Å². The third-order valence-electron chi connectivity index (χ3n) is 5.73. The van der Waals surface area contributed by atoms with Crippen molar-refractivity contribution in [1.82, 2.24) is 15.5 Å². The molecule has 0 bridgehead atoms. The van der Waals surface area contributed by atoms with Gasteiger partial charge in [-0.1, -0.05) is 32.1 Å². The van der Waals surface area contributed by atoms with Crippen LogP contribution in [0.3, 0.4) is 0 Å². The molecule has 2 saturated carbocycles. The molecule has 0 aromatic rings. The predicted molar refractivity (Wildman–Crippen MR) is 92.6 cm³/mol. The Labute approximate surface area is 139 Å². The molecule has 5 heteroatoms. The highest BCUT2D eigenvalue weighted by atomic mass is 32.1. The van der Waals surface area contributed by atoms with Crippen LogP contribution in [0.5, 0.6) is 0 Å². The number of amides is 1.